The number of pyridine rings is 1. The molecule has 1 aliphatic heterocycles. The van der Waals surface area contributed by atoms with Crippen LogP contribution in [0.5, 0.6) is 5.75 Å². The van der Waals surface area contributed by atoms with E-state index < -0.39 is 11.9 Å². The molecule has 182 valence electrons. The molecule has 7 heteroatoms. The number of hydrogen-bond acceptors (Lipinski definition) is 5. The van der Waals surface area contributed by atoms with Crippen LogP contribution in [-0.4, -0.2) is 60.2 Å². The summed E-state index contributed by atoms with van der Waals surface area (Å²) in [4.78, 5) is 33.0. The molecule has 2 fully saturated rings. The quantitative estimate of drug-likeness (QED) is 0.573. The van der Waals surface area contributed by atoms with Gasteiger partial charge in [0.15, 0.2) is 0 Å². The minimum absolute atomic E-state index is 0.0150. The molecule has 1 aromatic carbocycles. The van der Waals surface area contributed by atoms with Crippen molar-refractivity contribution in [2.24, 2.45) is 17.8 Å². The first-order chi connectivity index (χ1) is 16.5. The zero-order chi connectivity index (χ0) is 23.9. The summed E-state index contributed by atoms with van der Waals surface area (Å²) in [6.45, 7) is 2.81. The van der Waals surface area contributed by atoms with Gasteiger partial charge in [0.05, 0.1) is 12.5 Å². The molecular formula is C27H35N3O4. The molecule has 0 bridgehead atoms. The molecule has 1 aromatic heterocycles. The maximum atomic E-state index is 12.9. The van der Waals surface area contributed by atoms with Gasteiger partial charge in [-0.1, -0.05) is 31.0 Å². The molecule has 2 heterocycles. The Balaban J connectivity index is 1.25. The minimum Gasteiger partial charge on any atom is -0.492 e. The first-order valence-corrected chi connectivity index (χ1v) is 12.3. The van der Waals surface area contributed by atoms with Crippen molar-refractivity contribution in [3.63, 3.8) is 0 Å². The number of anilines is 1. The SMILES string of the molecule is CN(CCOc1ccc(CC(CC(=O)N2C[C@H]3CCCC[C@H]3C2)C(=O)O)cc1)c1ccccn1. The van der Waals surface area contributed by atoms with E-state index >= 15 is 0 Å². The van der Waals surface area contributed by atoms with E-state index in [1.807, 2.05) is 59.3 Å². The van der Waals surface area contributed by atoms with Gasteiger partial charge < -0.3 is 19.6 Å². The van der Waals surface area contributed by atoms with Gasteiger partial charge in [-0.3, -0.25) is 9.59 Å². The second-order valence-corrected chi connectivity index (χ2v) is 9.65. The molecule has 1 saturated heterocycles. The smallest absolute Gasteiger partial charge is 0.307 e. The largest absolute Gasteiger partial charge is 0.492 e. The molecule has 3 atom stereocenters. The molecule has 1 N–H and O–H groups in total. The molecule has 2 aromatic rings. The second kappa shape index (κ2) is 11.4. The van der Waals surface area contributed by atoms with Crippen LogP contribution in [-0.2, 0) is 16.0 Å². The number of benzene rings is 1. The summed E-state index contributed by atoms with van der Waals surface area (Å²) in [7, 11) is 1.97. The number of carboxylic acids is 1. The number of amides is 1. The summed E-state index contributed by atoms with van der Waals surface area (Å²) < 4.78 is 5.84. The molecule has 1 aliphatic carbocycles. The number of aliphatic carboxylic acids is 1. The van der Waals surface area contributed by atoms with E-state index in [2.05, 4.69) is 4.98 Å². The third kappa shape index (κ3) is 6.27. The second-order valence-electron chi connectivity index (χ2n) is 9.65. The number of likely N-dealkylation sites (N-methyl/N-ethyl adjacent to an activating group) is 1. The van der Waals surface area contributed by atoms with E-state index in [1.165, 1.54) is 25.7 Å². The van der Waals surface area contributed by atoms with Crippen molar-refractivity contribution in [3.8, 4) is 5.75 Å². The molecule has 0 spiro atoms. The van der Waals surface area contributed by atoms with Crippen molar-refractivity contribution in [2.45, 2.75) is 38.5 Å². The van der Waals surface area contributed by atoms with Gasteiger partial charge in [0.1, 0.15) is 18.2 Å². The van der Waals surface area contributed by atoms with Crippen molar-refractivity contribution in [3.05, 3.63) is 54.2 Å². The summed E-state index contributed by atoms with van der Waals surface area (Å²) in [5.41, 5.74) is 0.897. The van der Waals surface area contributed by atoms with Gasteiger partial charge in [0, 0.05) is 32.8 Å². The maximum absolute atomic E-state index is 12.9. The summed E-state index contributed by atoms with van der Waals surface area (Å²) in [6, 6.07) is 13.3. The Labute approximate surface area is 201 Å². The number of aromatic nitrogens is 1. The topological polar surface area (TPSA) is 83.0 Å². The summed E-state index contributed by atoms with van der Waals surface area (Å²) in [5, 5.41) is 9.74. The number of carboxylic acid groups (broad SMARTS) is 1. The van der Waals surface area contributed by atoms with Gasteiger partial charge in [-0.05, 0) is 60.9 Å². The van der Waals surface area contributed by atoms with Crippen molar-refractivity contribution >= 4 is 17.7 Å². The summed E-state index contributed by atoms with van der Waals surface area (Å²) >= 11 is 0. The lowest BCUT2D eigenvalue weighted by Gasteiger charge is -2.22. The van der Waals surface area contributed by atoms with E-state index in [0.717, 1.165) is 30.2 Å². The van der Waals surface area contributed by atoms with Crippen molar-refractivity contribution in [2.75, 3.05) is 38.2 Å². The highest BCUT2D eigenvalue weighted by Crippen LogP contribution is 2.36. The average molecular weight is 466 g/mol. The number of rotatable bonds is 10. The number of nitrogens with zero attached hydrogens (tertiary/aromatic N) is 3. The first kappa shape index (κ1) is 24.0. The van der Waals surface area contributed by atoms with Crippen LogP contribution in [0, 0.1) is 17.8 Å². The first-order valence-electron chi connectivity index (χ1n) is 12.3. The lowest BCUT2D eigenvalue weighted by molar-refractivity contribution is -0.145. The zero-order valence-corrected chi connectivity index (χ0v) is 19.9. The zero-order valence-electron chi connectivity index (χ0n) is 19.9. The molecule has 1 amide bonds. The third-order valence-corrected chi connectivity index (χ3v) is 7.24. The van der Waals surface area contributed by atoms with Crippen molar-refractivity contribution in [1.29, 1.82) is 0 Å². The number of carbonyl (C=O) groups excluding carboxylic acids is 1. The molecule has 1 unspecified atom stereocenters. The van der Waals surface area contributed by atoms with Crippen LogP contribution in [0.25, 0.3) is 0 Å². The van der Waals surface area contributed by atoms with E-state index in [1.54, 1.807) is 6.20 Å². The van der Waals surface area contributed by atoms with Gasteiger partial charge >= 0.3 is 5.97 Å². The van der Waals surface area contributed by atoms with Crippen LogP contribution in [0.15, 0.2) is 48.7 Å². The number of ether oxygens (including phenoxy) is 1. The molecule has 1 saturated carbocycles. The molecular weight excluding hydrogens is 430 g/mol. The van der Waals surface area contributed by atoms with Gasteiger partial charge in [-0.15, -0.1) is 0 Å². The number of fused-ring (bicyclic) bond motifs is 1. The van der Waals surface area contributed by atoms with Crippen LogP contribution in [0.4, 0.5) is 5.82 Å². The fourth-order valence-electron chi connectivity index (χ4n) is 5.20. The van der Waals surface area contributed by atoms with Gasteiger partial charge in [-0.25, -0.2) is 4.98 Å². The number of hydrogen-bond donors (Lipinski definition) is 1. The summed E-state index contributed by atoms with van der Waals surface area (Å²) in [5.74, 6) is 1.20. The molecule has 7 nitrogen and oxygen atoms in total. The Hall–Kier alpha value is -3.09. The Morgan fingerprint density at radius 1 is 1.12 bits per heavy atom. The van der Waals surface area contributed by atoms with E-state index in [0.29, 0.717) is 31.4 Å². The highest BCUT2D eigenvalue weighted by Gasteiger charge is 2.37. The summed E-state index contributed by atoms with van der Waals surface area (Å²) in [6.07, 6.45) is 7.07. The predicted octanol–water partition coefficient (Wildman–Crippen LogP) is 3.88. The van der Waals surface area contributed by atoms with Crippen LogP contribution in [0.3, 0.4) is 0 Å². The van der Waals surface area contributed by atoms with Crippen LogP contribution in [0.1, 0.15) is 37.7 Å². The highest BCUT2D eigenvalue weighted by atomic mass is 16.5. The Morgan fingerprint density at radius 2 is 1.82 bits per heavy atom. The Kier molecular flexibility index (Phi) is 8.03. The fourth-order valence-corrected chi connectivity index (χ4v) is 5.20. The fraction of sp³-hybridized carbons (Fsp3) is 0.519. The molecule has 0 radical (unpaired) electrons. The predicted molar refractivity (Wildman–Crippen MR) is 131 cm³/mol. The van der Waals surface area contributed by atoms with E-state index in [-0.39, 0.29) is 12.3 Å². The normalized spacial score (nSPS) is 20.4. The number of likely N-dealkylation sites (tertiary alicyclic amines) is 1. The monoisotopic (exact) mass is 465 g/mol. The lowest BCUT2D eigenvalue weighted by atomic mass is 9.82. The van der Waals surface area contributed by atoms with Crippen molar-refractivity contribution in [1.82, 2.24) is 9.88 Å². The van der Waals surface area contributed by atoms with E-state index in [4.69, 9.17) is 4.74 Å². The van der Waals surface area contributed by atoms with Gasteiger partial charge in [-0.2, -0.15) is 0 Å². The Morgan fingerprint density at radius 3 is 2.44 bits per heavy atom. The van der Waals surface area contributed by atoms with Gasteiger partial charge in [0.25, 0.3) is 0 Å². The maximum Gasteiger partial charge on any atom is 0.307 e. The van der Waals surface area contributed by atoms with E-state index in [9.17, 15) is 14.7 Å². The minimum atomic E-state index is -0.914. The van der Waals surface area contributed by atoms with Gasteiger partial charge in [0.2, 0.25) is 5.91 Å². The molecule has 2 aliphatic rings. The molecule has 4 rings (SSSR count). The van der Waals surface area contributed by atoms with Crippen LogP contribution < -0.4 is 9.64 Å². The molecule has 34 heavy (non-hydrogen) atoms. The standard InChI is InChI=1S/C27H35N3O4/c1-29(25-8-4-5-13-28-25)14-15-34-24-11-9-20(10-12-24)16-23(27(32)33)17-26(31)30-18-21-6-2-3-7-22(21)19-30/h4-5,8-13,21-23H,2-3,6-7,14-19H2,1H3,(H,32,33)/t21-,22+,23?. The van der Waals surface area contributed by atoms with Crippen LogP contribution in [0.2, 0.25) is 0 Å². The number of carbonyl (C=O) groups is 2. The van der Waals surface area contributed by atoms with Crippen molar-refractivity contribution < 1.29 is 19.4 Å². The average Bonchev–Trinajstić information content (AvgIpc) is 3.29. The third-order valence-electron chi connectivity index (χ3n) is 7.24. The van der Waals surface area contributed by atoms with Crippen LogP contribution >= 0.6 is 0 Å². The highest BCUT2D eigenvalue weighted by molar-refractivity contribution is 5.82. The lowest BCUT2D eigenvalue weighted by Crippen LogP contribution is -2.33. The Bertz CT molecular complexity index is 936.